The normalized spacial score (nSPS) is 28.1. The summed E-state index contributed by atoms with van der Waals surface area (Å²) in [7, 11) is 0. The van der Waals surface area contributed by atoms with Crippen LogP contribution in [-0.4, -0.2) is 17.9 Å². The molecule has 2 rings (SSSR count). The van der Waals surface area contributed by atoms with Crippen molar-refractivity contribution in [3.63, 3.8) is 0 Å². The molecule has 0 saturated carbocycles. The predicted molar refractivity (Wildman–Crippen MR) is 26.2 cm³/mol. The number of carbonyl (C=O) groups excluding carboxylic acids is 1. The van der Waals surface area contributed by atoms with Crippen molar-refractivity contribution in [1.82, 2.24) is 0 Å². The molecule has 2 aliphatic heterocycles. The van der Waals surface area contributed by atoms with Crippen molar-refractivity contribution < 1.29 is 24.3 Å². The van der Waals surface area contributed by atoms with E-state index in [1.807, 2.05) is 0 Å². The van der Waals surface area contributed by atoms with Gasteiger partial charge in [-0.1, -0.05) is 0 Å². The van der Waals surface area contributed by atoms with Gasteiger partial charge in [-0.05, 0) is 0 Å². The summed E-state index contributed by atoms with van der Waals surface area (Å²) in [6, 6.07) is 0. The van der Waals surface area contributed by atoms with Gasteiger partial charge in [0.15, 0.2) is 0 Å². The van der Waals surface area contributed by atoms with Crippen LogP contribution in [-0.2, 0) is 24.3 Å². The minimum absolute atomic E-state index is 0.157. The molecule has 2 heterocycles. The fourth-order valence-electron chi connectivity index (χ4n) is 0.600. The van der Waals surface area contributed by atoms with Crippen molar-refractivity contribution in [2.75, 3.05) is 0 Å². The summed E-state index contributed by atoms with van der Waals surface area (Å²) < 4.78 is 0. The number of hydrogen-bond acceptors (Lipinski definition) is 5. The van der Waals surface area contributed by atoms with Gasteiger partial charge in [-0.25, -0.2) is 0 Å². The van der Waals surface area contributed by atoms with Crippen molar-refractivity contribution in [3.05, 3.63) is 0 Å². The summed E-state index contributed by atoms with van der Waals surface area (Å²) in [5, 5.41) is 0. The van der Waals surface area contributed by atoms with Crippen molar-refractivity contribution in [1.29, 1.82) is 0 Å². The van der Waals surface area contributed by atoms with Crippen LogP contribution >= 0.6 is 0 Å². The van der Waals surface area contributed by atoms with Crippen molar-refractivity contribution in [2.24, 2.45) is 0 Å². The quantitative estimate of drug-likeness (QED) is 0.411. The van der Waals surface area contributed by atoms with Gasteiger partial charge in [0.05, 0.1) is 6.42 Å². The van der Waals surface area contributed by atoms with E-state index in [0.717, 1.165) is 0 Å². The summed E-state index contributed by atoms with van der Waals surface area (Å²) in [6.07, 6.45) is -0.187. The summed E-state index contributed by atoms with van der Waals surface area (Å²) in [6.45, 7) is 1.55. The lowest BCUT2D eigenvalue weighted by molar-refractivity contribution is -0.124. The molecule has 5 nitrogen and oxygen atoms in total. The lowest BCUT2D eigenvalue weighted by atomic mass is 10.1. The Morgan fingerprint density at radius 1 is 1.50 bits per heavy atom. The molecule has 0 bridgehead atoms. The maximum atomic E-state index is 11.0. The second-order valence-electron chi connectivity index (χ2n) is 2.36. The molecule has 0 N–H and O–H groups in total. The van der Waals surface area contributed by atoms with Crippen LogP contribution in [0.3, 0.4) is 0 Å². The highest BCUT2D eigenvalue weighted by Gasteiger charge is 2.53. The molecule has 0 spiro atoms. The van der Waals surface area contributed by atoms with Crippen molar-refractivity contribution >= 4 is 5.78 Å². The molecule has 0 unspecified atom stereocenters. The van der Waals surface area contributed by atoms with Crippen molar-refractivity contribution in [2.45, 2.75) is 25.4 Å². The van der Waals surface area contributed by atoms with Gasteiger partial charge in [0.2, 0.25) is 12.1 Å². The Labute approximate surface area is 56.7 Å². The number of rotatable bonds is 3. The first-order valence-corrected chi connectivity index (χ1v) is 2.93. The molecule has 5 heteroatoms. The first kappa shape index (κ1) is 6.23. The Morgan fingerprint density at radius 2 is 2.10 bits per heavy atom. The fraction of sp³-hybridized carbons (Fsp3) is 0.800. The van der Waals surface area contributed by atoms with E-state index in [2.05, 4.69) is 19.6 Å². The topological polar surface area (TPSA) is 67.2 Å². The predicted octanol–water partition coefficient (Wildman–Crippen LogP) is -0.0885. The largest absolute Gasteiger partial charge is 0.293 e. The minimum Gasteiger partial charge on any atom is -0.293 e. The summed E-state index contributed by atoms with van der Waals surface area (Å²) >= 11 is 0. The second kappa shape index (κ2) is 1.76. The summed E-state index contributed by atoms with van der Waals surface area (Å²) in [5.74, 6) is -1.18. The molecular formula is C5H6O5. The van der Waals surface area contributed by atoms with Gasteiger partial charge in [-0.15, -0.1) is 0 Å². The maximum absolute atomic E-state index is 11.0. The van der Waals surface area contributed by atoms with E-state index in [1.165, 1.54) is 0 Å². The molecule has 2 aliphatic rings. The molecule has 0 aromatic rings. The van der Waals surface area contributed by atoms with Gasteiger partial charge in [-0.2, -0.15) is 19.6 Å². The smallest absolute Gasteiger partial charge is 0.288 e. The number of carbonyl (C=O) groups is 1. The van der Waals surface area contributed by atoms with Gasteiger partial charge in [0.1, 0.15) is 0 Å². The molecular weight excluding hydrogens is 140 g/mol. The molecule has 0 radical (unpaired) electrons. The van der Waals surface area contributed by atoms with E-state index in [0.29, 0.717) is 0 Å². The Bertz CT molecular complexity index is 169. The molecule has 0 aliphatic carbocycles. The molecule has 0 aromatic heterocycles. The SMILES string of the molecule is CC1(C(=O)CC2OO2)OO1. The van der Waals surface area contributed by atoms with E-state index in [9.17, 15) is 4.79 Å². The van der Waals surface area contributed by atoms with Crippen LogP contribution in [0.5, 0.6) is 0 Å². The maximum Gasteiger partial charge on any atom is 0.288 e. The zero-order valence-electron chi connectivity index (χ0n) is 5.33. The third kappa shape index (κ3) is 1.04. The van der Waals surface area contributed by atoms with Crippen LogP contribution in [0, 0.1) is 0 Å². The average Bonchev–Trinajstić information content (AvgIpc) is 2.67. The fourth-order valence-corrected chi connectivity index (χ4v) is 0.600. The van der Waals surface area contributed by atoms with Crippen LogP contribution in [0.15, 0.2) is 0 Å². The lowest BCUT2D eigenvalue weighted by Crippen LogP contribution is -2.21. The Morgan fingerprint density at radius 3 is 2.50 bits per heavy atom. The highest BCUT2D eigenvalue weighted by molar-refractivity contribution is 5.86. The minimum atomic E-state index is -1.02. The lowest BCUT2D eigenvalue weighted by Gasteiger charge is -1.92. The monoisotopic (exact) mass is 146 g/mol. The molecule has 2 saturated heterocycles. The highest BCUT2D eigenvalue weighted by atomic mass is 17.4. The van der Waals surface area contributed by atoms with Crippen LogP contribution in [0.1, 0.15) is 13.3 Å². The molecule has 56 valence electrons. The van der Waals surface area contributed by atoms with Crippen LogP contribution in [0.25, 0.3) is 0 Å². The summed E-state index contributed by atoms with van der Waals surface area (Å²) in [5.41, 5.74) is 0. The Hall–Kier alpha value is -0.490. The van der Waals surface area contributed by atoms with Crippen LogP contribution in [0.4, 0.5) is 0 Å². The van der Waals surface area contributed by atoms with E-state index >= 15 is 0 Å². The molecule has 2 fully saturated rings. The van der Waals surface area contributed by atoms with Gasteiger partial charge < -0.3 is 0 Å². The van der Waals surface area contributed by atoms with Crippen molar-refractivity contribution in [3.8, 4) is 0 Å². The zero-order chi connectivity index (χ0) is 7.19. The van der Waals surface area contributed by atoms with Gasteiger partial charge in [0.25, 0.3) is 5.79 Å². The Balaban J connectivity index is 1.85. The van der Waals surface area contributed by atoms with Crippen LogP contribution in [0.2, 0.25) is 0 Å². The van der Waals surface area contributed by atoms with Gasteiger partial charge in [0, 0.05) is 6.92 Å². The Kier molecular flexibility index (Phi) is 1.10. The van der Waals surface area contributed by atoms with E-state index < -0.39 is 5.79 Å². The zero-order valence-corrected chi connectivity index (χ0v) is 5.33. The van der Waals surface area contributed by atoms with Crippen LogP contribution < -0.4 is 0 Å². The molecule has 0 amide bonds. The first-order valence-electron chi connectivity index (χ1n) is 2.93. The average molecular weight is 146 g/mol. The summed E-state index contributed by atoms with van der Waals surface area (Å²) in [4.78, 5) is 28.6. The third-order valence-corrected chi connectivity index (χ3v) is 1.42. The second-order valence-corrected chi connectivity index (χ2v) is 2.36. The molecule has 0 aromatic carbocycles. The van der Waals surface area contributed by atoms with Gasteiger partial charge in [-0.3, -0.25) is 4.79 Å². The number of Topliss-reactive ketones (excluding diaryl/α,β-unsaturated/α-hetero) is 1. The van der Waals surface area contributed by atoms with E-state index in [-0.39, 0.29) is 18.5 Å². The number of hydrogen-bond donors (Lipinski definition) is 0. The molecule has 10 heavy (non-hydrogen) atoms. The number of ketones is 1. The van der Waals surface area contributed by atoms with E-state index in [4.69, 9.17) is 0 Å². The first-order chi connectivity index (χ1) is 4.71. The van der Waals surface area contributed by atoms with Gasteiger partial charge >= 0.3 is 0 Å². The highest BCUT2D eigenvalue weighted by Crippen LogP contribution is 2.33. The third-order valence-electron chi connectivity index (χ3n) is 1.42. The molecule has 0 atom stereocenters. The standard InChI is InChI=1S/C5H6O5/c1-5(9-10-5)3(6)2-4-7-8-4/h4H,2H2,1H3. The van der Waals surface area contributed by atoms with E-state index in [1.54, 1.807) is 6.92 Å².